The summed E-state index contributed by atoms with van der Waals surface area (Å²) in [6, 6.07) is 16.4. The molecule has 29 heavy (non-hydrogen) atoms. The lowest BCUT2D eigenvalue weighted by molar-refractivity contribution is 0.0925. The average Bonchev–Trinajstić information content (AvgIpc) is 3.13. The summed E-state index contributed by atoms with van der Waals surface area (Å²) in [6.45, 7) is 2.19. The molecule has 0 saturated heterocycles. The summed E-state index contributed by atoms with van der Waals surface area (Å²) < 4.78 is 15.4. The maximum atomic E-state index is 13.3. The van der Waals surface area contributed by atoms with Crippen LogP contribution in [-0.2, 0) is 20.0 Å². The quantitative estimate of drug-likeness (QED) is 0.677. The van der Waals surface area contributed by atoms with Gasteiger partial charge in [0.15, 0.2) is 0 Å². The van der Waals surface area contributed by atoms with Crippen molar-refractivity contribution >= 4 is 17.5 Å². The molecule has 150 valence electrons. The minimum absolute atomic E-state index is 0.0199. The normalized spacial score (nSPS) is 15.0. The van der Waals surface area contributed by atoms with Crippen LogP contribution in [-0.4, -0.2) is 28.5 Å². The van der Waals surface area contributed by atoms with Crippen LogP contribution >= 0.6 is 11.6 Å². The van der Waals surface area contributed by atoms with Gasteiger partial charge in [0.25, 0.3) is 5.91 Å². The number of hydrogen-bond acceptors (Lipinski definition) is 2. The zero-order chi connectivity index (χ0) is 20.4. The van der Waals surface area contributed by atoms with Crippen molar-refractivity contribution in [1.82, 2.24) is 14.8 Å². The third-order valence-electron chi connectivity index (χ3n) is 5.56. The van der Waals surface area contributed by atoms with Crippen molar-refractivity contribution in [2.24, 2.45) is 7.05 Å². The number of nitrogens with zero attached hydrogens (tertiary/aromatic N) is 2. The molecule has 2 aromatic carbocycles. The fourth-order valence-corrected chi connectivity index (χ4v) is 4.24. The monoisotopic (exact) mass is 411 g/mol. The van der Waals surface area contributed by atoms with Crippen LogP contribution in [0.15, 0.2) is 60.8 Å². The number of fused-ring (bicyclic) bond motifs is 1. The Kier molecular flexibility index (Phi) is 5.69. The molecule has 3 aromatic rings. The number of hydrogen-bond donors (Lipinski definition) is 1. The van der Waals surface area contributed by atoms with Gasteiger partial charge in [0, 0.05) is 38.6 Å². The lowest BCUT2D eigenvalue weighted by Gasteiger charge is -2.36. The van der Waals surface area contributed by atoms with E-state index in [-0.39, 0.29) is 22.5 Å². The Bertz CT molecular complexity index is 1030. The molecule has 0 aliphatic carbocycles. The van der Waals surface area contributed by atoms with Gasteiger partial charge in [-0.3, -0.25) is 9.69 Å². The van der Waals surface area contributed by atoms with Crippen molar-refractivity contribution in [2.75, 3.05) is 13.1 Å². The largest absolute Gasteiger partial charge is 0.353 e. The SMILES string of the molecule is Cn1cccc1C(CNC(=O)c1ccc(F)cc1Cl)N1CCc2ccccc2C1. The topological polar surface area (TPSA) is 37.3 Å². The van der Waals surface area contributed by atoms with Crippen molar-refractivity contribution in [2.45, 2.75) is 19.0 Å². The van der Waals surface area contributed by atoms with Gasteiger partial charge in [-0.2, -0.15) is 0 Å². The van der Waals surface area contributed by atoms with Crippen molar-refractivity contribution in [3.05, 3.63) is 94.0 Å². The number of aromatic nitrogens is 1. The predicted octanol–water partition coefficient (Wildman–Crippen LogP) is 4.35. The van der Waals surface area contributed by atoms with Crippen molar-refractivity contribution in [3.8, 4) is 0 Å². The number of carbonyl (C=O) groups excluding carboxylic acids is 1. The number of halogens is 2. The smallest absolute Gasteiger partial charge is 0.252 e. The van der Waals surface area contributed by atoms with Gasteiger partial charge in [0.2, 0.25) is 0 Å². The summed E-state index contributed by atoms with van der Waals surface area (Å²) in [4.78, 5) is 15.1. The number of benzene rings is 2. The van der Waals surface area contributed by atoms with Crippen LogP contribution in [0.1, 0.15) is 33.2 Å². The minimum Gasteiger partial charge on any atom is -0.353 e. The van der Waals surface area contributed by atoms with Crippen LogP contribution in [0, 0.1) is 5.82 Å². The zero-order valence-electron chi connectivity index (χ0n) is 16.2. The van der Waals surface area contributed by atoms with Crippen molar-refractivity contribution in [1.29, 1.82) is 0 Å². The highest BCUT2D eigenvalue weighted by Gasteiger charge is 2.27. The fraction of sp³-hybridized carbons (Fsp3) is 0.261. The maximum Gasteiger partial charge on any atom is 0.252 e. The molecule has 0 radical (unpaired) electrons. The second kappa shape index (κ2) is 8.39. The van der Waals surface area contributed by atoms with E-state index in [1.807, 2.05) is 19.3 Å². The first kappa shape index (κ1) is 19.7. The lowest BCUT2D eigenvalue weighted by Crippen LogP contribution is -2.41. The highest BCUT2D eigenvalue weighted by molar-refractivity contribution is 6.33. The molecule has 1 N–H and O–H groups in total. The Labute approximate surface area is 174 Å². The van der Waals surface area contributed by atoms with Crippen molar-refractivity contribution in [3.63, 3.8) is 0 Å². The maximum absolute atomic E-state index is 13.3. The molecule has 1 amide bonds. The molecule has 0 bridgehead atoms. The summed E-state index contributed by atoms with van der Waals surface area (Å²) in [5.74, 6) is -0.758. The van der Waals surface area contributed by atoms with E-state index in [2.05, 4.69) is 45.1 Å². The molecule has 1 unspecified atom stereocenters. The van der Waals surface area contributed by atoms with E-state index in [4.69, 9.17) is 11.6 Å². The van der Waals surface area contributed by atoms with Crippen LogP contribution in [0.2, 0.25) is 5.02 Å². The summed E-state index contributed by atoms with van der Waals surface area (Å²) in [5.41, 5.74) is 4.12. The molecule has 6 heteroatoms. The molecule has 1 atom stereocenters. The summed E-state index contributed by atoms with van der Waals surface area (Å²) in [7, 11) is 2.01. The second-order valence-corrected chi connectivity index (χ2v) is 7.79. The Morgan fingerprint density at radius 1 is 1.17 bits per heavy atom. The van der Waals surface area contributed by atoms with E-state index < -0.39 is 5.82 Å². The number of carbonyl (C=O) groups is 1. The van der Waals surface area contributed by atoms with E-state index in [0.29, 0.717) is 6.54 Å². The van der Waals surface area contributed by atoms with E-state index >= 15 is 0 Å². The molecule has 0 fully saturated rings. The average molecular weight is 412 g/mol. The second-order valence-electron chi connectivity index (χ2n) is 7.38. The Morgan fingerprint density at radius 3 is 2.69 bits per heavy atom. The van der Waals surface area contributed by atoms with E-state index in [9.17, 15) is 9.18 Å². The summed E-state index contributed by atoms with van der Waals surface area (Å²) in [5, 5.41) is 3.11. The number of amides is 1. The molecular weight excluding hydrogens is 389 g/mol. The first-order valence-corrected chi connectivity index (χ1v) is 10.1. The Hall–Kier alpha value is -2.63. The van der Waals surface area contributed by atoms with E-state index in [0.717, 1.165) is 31.3 Å². The van der Waals surface area contributed by atoms with Crippen LogP contribution in [0.25, 0.3) is 0 Å². The van der Waals surface area contributed by atoms with Gasteiger partial charge in [-0.1, -0.05) is 35.9 Å². The zero-order valence-corrected chi connectivity index (χ0v) is 17.0. The number of aryl methyl sites for hydroxylation is 1. The third kappa shape index (κ3) is 4.21. The summed E-state index contributed by atoms with van der Waals surface area (Å²) in [6.07, 6.45) is 2.99. The van der Waals surface area contributed by atoms with Gasteiger partial charge in [-0.15, -0.1) is 0 Å². The number of rotatable bonds is 5. The van der Waals surface area contributed by atoms with Crippen LogP contribution < -0.4 is 5.32 Å². The van der Waals surface area contributed by atoms with Crippen LogP contribution in [0.4, 0.5) is 4.39 Å². The summed E-state index contributed by atoms with van der Waals surface area (Å²) >= 11 is 6.05. The Balaban J connectivity index is 1.54. The molecule has 1 aromatic heterocycles. The van der Waals surface area contributed by atoms with Crippen LogP contribution in [0.3, 0.4) is 0 Å². The highest BCUT2D eigenvalue weighted by atomic mass is 35.5. The first-order valence-electron chi connectivity index (χ1n) is 9.68. The lowest BCUT2D eigenvalue weighted by atomic mass is 9.97. The van der Waals surface area contributed by atoms with Crippen molar-refractivity contribution < 1.29 is 9.18 Å². The molecule has 4 nitrogen and oxygen atoms in total. The predicted molar refractivity (Wildman–Crippen MR) is 112 cm³/mol. The van der Waals surface area contributed by atoms with E-state index in [1.54, 1.807) is 0 Å². The molecule has 0 saturated carbocycles. The fourth-order valence-electron chi connectivity index (χ4n) is 3.98. The Morgan fingerprint density at radius 2 is 1.97 bits per heavy atom. The molecule has 4 rings (SSSR count). The highest BCUT2D eigenvalue weighted by Crippen LogP contribution is 2.28. The minimum atomic E-state index is -0.458. The molecule has 1 aliphatic rings. The van der Waals surface area contributed by atoms with Gasteiger partial charge in [-0.05, 0) is 47.9 Å². The molecule has 0 spiro atoms. The molecule has 1 aliphatic heterocycles. The molecule has 2 heterocycles. The van der Waals surface area contributed by atoms with Gasteiger partial charge >= 0.3 is 0 Å². The van der Waals surface area contributed by atoms with Crippen LogP contribution in [0.5, 0.6) is 0 Å². The van der Waals surface area contributed by atoms with Gasteiger partial charge in [0.05, 0.1) is 16.6 Å². The third-order valence-corrected chi connectivity index (χ3v) is 5.87. The first-order chi connectivity index (χ1) is 14.0. The van der Waals surface area contributed by atoms with Gasteiger partial charge in [0.1, 0.15) is 5.82 Å². The van der Waals surface area contributed by atoms with Gasteiger partial charge in [-0.25, -0.2) is 4.39 Å². The van der Waals surface area contributed by atoms with E-state index in [1.165, 1.54) is 23.3 Å². The number of nitrogens with one attached hydrogen (secondary N) is 1. The van der Waals surface area contributed by atoms with Gasteiger partial charge < -0.3 is 9.88 Å². The molecular formula is C23H23ClFN3O. The standard InChI is InChI=1S/C23H23ClFN3O/c1-27-11-4-7-21(27)22(28-12-10-16-5-2-3-6-17(16)15-28)14-26-23(29)19-9-8-18(25)13-20(19)24/h2-9,11,13,22H,10,12,14-15H2,1H3,(H,26,29).